The minimum Gasteiger partial charge on any atom is -0.326 e. The van der Waals surface area contributed by atoms with E-state index in [0.717, 1.165) is 12.1 Å². The second kappa shape index (κ2) is 4.36. The van der Waals surface area contributed by atoms with E-state index in [2.05, 4.69) is 17.5 Å². The maximum atomic E-state index is 11.7. The largest absolute Gasteiger partial charge is 0.326 e. The van der Waals surface area contributed by atoms with Gasteiger partial charge < -0.3 is 5.32 Å². The van der Waals surface area contributed by atoms with Gasteiger partial charge in [0.25, 0.3) is 0 Å². The van der Waals surface area contributed by atoms with Crippen molar-refractivity contribution in [2.75, 3.05) is 5.32 Å². The number of nitrogens with one attached hydrogen (secondary N) is 1. The molecule has 0 aliphatic carbocycles. The third-order valence-corrected chi connectivity index (χ3v) is 2.96. The predicted octanol–water partition coefficient (Wildman–Crippen LogP) is 2.41. The summed E-state index contributed by atoms with van der Waals surface area (Å²) in [4.78, 5) is 11.7. The van der Waals surface area contributed by atoms with Crippen LogP contribution in [0.15, 0.2) is 18.2 Å². The highest BCUT2D eigenvalue weighted by molar-refractivity contribution is 5.95. The minimum atomic E-state index is -0.0473. The fourth-order valence-corrected chi connectivity index (χ4v) is 2.08. The normalized spacial score (nSPS) is 18.5. The van der Waals surface area contributed by atoms with Gasteiger partial charge in [0, 0.05) is 18.0 Å². The van der Waals surface area contributed by atoms with Crippen LogP contribution in [-0.2, 0) is 11.2 Å². The van der Waals surface area contributed by atoms with Crippen molar-refractivity contribution >= 4 is 11.6 Å². The Bertz CT molecular complexity index is 459. The molecular formula is C13H14N2O. The molecule has 0 saturated carbocycles. The molecule has 1 aliphatic heterocycles. The highest BCUT2D eigenvalue weighted by Crippen LogP contribution is 2.28. The number of carbonyl (C=O) groups is 1. The van der Waals surface area contributed by atoms with Gasteiger partial charge in [0.2, 0.25) is 5.91 Å². The number of anilines is 1. The van der Waals surface area contributed by atoms with Crippen LogP contribution in [0.4, 0.5) is 5.69 Å². The lowest BCUT2D eigenvalue weighted by molar-refractivity contribution is -0.120. The number of amides is 1. The highest BCUT2D eigenvalue weighted by atomic mass is 16.1. The van der Waals surface area contributed by atoms with E-state index in [1.165, 1.54) is 11.1 Å². The second-order valence-corrected chi connectivity index (χ2v) is 4.25. The van der Waals surface area contributed by atoms with Gasteiger partial charge >= 0.3 is 0 Å². The number of nitrogens with zero attached hydrogens (tertiary/aromatic N) is 1. The van der Waals surface area contributed by atoms with Crippen LogP contribution in [-0.4, -0.2) is 5.91 Å². The summed E-state index contributed by atoms with van der Waals surface area (Å²) in [6, 6.07) is 8.14. The number of hydrogen-bond donors (Lipinski definition) is 1. The summed E-state index contributed by atoms with van der Waals surface area (Å²) in [7, 11) is 0. The van der Waals surface area contributed by atoms with Crippen LogP contribution in [0.2, 0.25) is 0 Å². The third kappa shape index (κ3) is 2.06. The Morgan fingerprint density at radius 2 is 2.38 bits per heavy atom. The first-order valence-corrected chi connectivity index (χ1v) is 5.48. The molecule has 1 heterocycles. The molecule has 1 aromatic rings. The summed E-state index contributed by atoms with van der Waals surface area (Å²) in [6.45, 7) is 2.04. The maximum Gasteiger partial charge on any atom is 0.227 e. The summed E-state index contributed by atoms with van der Waals surface area (Å²) < 4.78 is 0. The van der Waals surface area contributed by atoms with E-state index in [1.807, 2.05) is 19.1 Å². The molecular weight excluding hydrogens is 200 g/mol. The van der Waals surface area contributed by atoms with E-state index in [-0.39, 0.29) is 11.8 Å². The molecule has 16 heavy (non-hydrogen) atoms. The van der Waals surface area contributed by atoms with Crippen molar-refractivity contribution in [1.82, 2.24) is 0 Å². The zero-order valence-electron chi connectivity index (χ0n) is 9.29. The Morgan fingerprint density at radius 1 is 1.56 bits per heavy atom. The van der Waals surface area contributed by atoms with Gasteiger partial charge in [-0.15, -0.1) is 0 Å². The average Bonchev–Trinajstić information content (AvgIpc) is 2.27. The lowest BCUT2D eigenvalue weighted by atomic mass is 9.89. The van der Waals surface area contributed by atoms with Gasteiger partial charge in [0.1, 0.15) is 0 Å². The average molecular weight is 214 g/mol. The van der Waals surface area contributed by atoms with Gasteiger partial charge in [-0.05, 0) is 31.4 Å². The Hall–Kier alpha value is -1.82. The summed E-state index contributed by atoms with van der Waals surface area (Å²) in [6.07, 6.45) is 1.85. The van der Waals surface area contributed by atoms with Gasteiger partial charge in [0.05, 0.1) is 6.07 Å². The van der Waals surface area contributed by atoms with Crippen LogP contribution in [0.1, 0.15) is 24.0 Å². The number of rotatable bonds is 2. The van der Waals surface area contributed by atoms with Crippen LogP contribution in [0.3, 0.4) is 0 Å². The first-order chi connectivity index (χ1) is 7.70. The molecule has 1 N–H and O–H groups in total. The molecule has 1 atom stereocenters. The monoisotopic (exact) mass is 214 g/mol. The lowest BCUT2D eigenvalue weighted by Gasteiger charge is -2.24. The standard InChI is InChI=1S/C13H14N2O/c1-9-4-5-12-11(7-9)8-10(3-2-6-14)13(16)15-12/h4-5,7,10H,2-3,8H2,1H3,(H,15,16)/t10-/m1/s1. The van der Waals surface area contributed by atoms with Gasteiger partial charge in [-0.2, -0.15) is 5.26 Å². The van der Waals surface area contributed by atoms with Crippen LogP contribution >= 0.6 is 0 Å². The summed E-state index contributed by atoms with van der Waals surface area (Å²) in [5.74, 6) is 0.000512. The van der Waals surface area contributed by atoms with Crippen molar-refractivity contribution in [3.8, 4) is 6.07 Å². The van der Waals surface area contributed by atoms with E-state index >= 15 is 0 Å². The Labute approximate surface area is 95.1 Å². The van der Waals surface area contributed by atoms with E-state index in [4.69, 9.17) is 5.26 Å². The Morgan fingerprint density at radius 3 is 3.12 bits per heavy atom. The van der Waals surface area contributed by atoms with Crippen molar-refractivity contribution in [3.63, 3.8) is 0 Å². The van der Waals surface area contributed by atoms with Crippen molar-refractivity contribution < 1.29 is 4.79 Å². The first kappa shape index (κ1) is 10.7. The molecule has 0 unspecified atom stereocenters. The fourth-order valence-electron chi connectivity index (χ4n) is 2.08. The summed E-state index contributed by atoms with van der Waals surface area (Å²) in [5.41, 5.74) is 3.31. The van der Waals surface area contributed by atoms with Crippen LogP contribution in [0.25, 0.3) is 0 Å². The second-order valence-electron chi connectivity index (χ2n) is 4.25. The van der Waals surface area contributed by atoms with Crippen molar-refractivity contribution in [3.05, 3.63) is 29.3 Å². The first-order valence-electron chi connectivity index (χ1n) is 5.48. The number of benzene rings is 1. The van der Waals surface area contributed by atoms with E-state index in [0.29, 0.717) is 12.8 Å². The zero-order chi connectivity index (χ0) is 11.5. The highest BCUT2D eigenvalue weighted by Gasteiger charge is 2.25. The molecule has 3 nitrogen and oxygen atoms in total. The van der Waals surface area contributed by atoms with Crippen molar-refractivity contribution in [2.24, 2.45) is 5.92 Å². The molecule has 0 saturated heterocycles. The van der Waals surface area contributed by atoms with E-state index < -0.39 is 0 Å². The SMILES string of the molecule is Cc1ccc2c(c1)C[C@@H](CCC#N)C(=O)N2. The van der Waals surface area contributed by atoms with Crippen LogP contribution < -0.4 is 5.32 Å². The van der Waals surface area contributed by atoms with E-state index in [9.17, 15) is 4.79 Å². The molecule has 2 rings (SSSR count). The fraction of sp³-hybridized carbons (Fsp3) is 0.385. The number of aryl methyl sites for hydroxylation is 1. The number of nitriles is 1. The van der Waals surface area contributed by atoms with Crippen LogP contribution in [0, 0.1) is 24.2 Å². The smallest absolute Gasteiger partial charge is 0.227 e. The zero-order valence-corrected chi connectivity index (χ0v) is 9.29. The quantitative estimate of drug-likeness (QED) is 0.821. The van der Waals surface area contributed by atoms with Gasteiger partial charge in [-0.25, -0.2) is 0 Å². The van der Waals surface area contributed by atoms with Gasteiger partial charge in [-0.1, -0.05) is 17.7 Å². The molecule has 1 aliphatic rings. The Kier molecular flexibility index (Phi) is 2.91. The molecule has 1 aromatic carbocycles. The van der Waals surface area contributed by atoms with Gasteiger partial charge in [-0.3, -0.25) is 4.79 Å². The van der Waals surface area contributed by atoms with Crippen molar-refractivity contribution in [1.29, 1.82) is 5.26 Å². The van der Waals surface area contributed by atoms with Crippen molar-refractivity contribution in [2.45, 2.75) is 26.2 Å². The summed E-state index contributed by atoms with van der Waals surface area (Å²) in [5, 5.41) is 11.4. The molecule has 0 aromatic heterocycles. The lowest BCUT2D eigenvalue weighted by Crippen LogP contribution is -2.29. The predicted molar refractivity (Wildman–Crippen MR) is 61.8 cm³/mol. The number of hydrogen-bond acceptors (Lipinski definition) is 2. The molecule has 0 bridgehead atoms. The molecule has 0 spiro atoms. The number of carbonyl (C=O) groups excluding carboxylic acids is 1. The molecule has 0 fully saturated rings. The Balaban J connectivity index is 2.20. The third-order valence-electron chi connectivity index (χ3n) is 2.96. The molecule has 3 heteroatoms. The maximum absolute atomic E-state index is 11.7. The van der Waals surface area contributed by atoms with Gasteiger partial charge in [0.15, 0.2) is 0 Å². The minimum absolute atomic E-state index is 0.0473. The van der Waals surface area contributed by atoms with Crippen LogP contribution in [0.5, 0.6) is 0 Å². The summed E-state index contributed by atoms with van der Waals surface area (Å²) >= 11 is 0. The molecule has 0 radical (unpaired) electrons. The topological polar surface area (TPSA) is 52.9 Å². The molecule has 82 valence electrons. The van der Waals surface area contributed by atoms with E-state index in [1.54, 1.807) is 0 Å². The molecule has 1 amide bonds. The number of fused-ring (bicyclic) bond motifs is 1.